The van der Waals surface area contributed by atoms with Crippen molar-refractivity contribution in [2.75, 3.05) is 125 Å². The predicted molar refractivity (Wildman–Crippen MR) is 515 cm³/mol. The van der Waals surface area contributed by atoms with E-state index in [1.165, 1.54) is 28.4 Å². The number of nitrogens with zero attached hydrogens (tertiary/aromatic N) is 12. The maximum atomic E-state index is 14.0. The Balaban J connectivity index is 0.000000186. The smallest absolute Gasteiger partial charge is 0.335 e. The molecule has 716 valence electrons. The number of methoxy groups -OCH3 is 4. The van der Waals surface area contributed by atoms with Crippen LogP contribution in [-0.4, -0.2) is 213 Å². The first kappa shape index (κ1) is 96.0. The molecule has 0 radical (unpaired) electrons. The SMILES string of the molecule is O=C1CCC(=O)N1O.[CH-]=Nc1cc(OCc2cc(COc3cc4c(cc3OC)C(=O)N3c5ccccc5C[C@H]3C=N4)cc(N(C)CCOCCC(=O)O)c2)c(OC)cc1C(=O)N1CCc2ccccc21.[CH-]=Nc1cc(OCc2cc(COc3cc4c(cc3OC)C(=O)N3c5ccccc5C[C@H]3C=N4)cc(N(C)CCOCCC(=O)ON3C(=O)CCC3=O)c2)c(OC)cc1C(=O)N1CCc2ccccc21. The Bertz CT molecular complexity index is 6530. The van der Waals surface area contributed by atoms with Crippen molar-refractivity contribution < 1.29 is 110 Å². The lowest BCUT2D eigenvalue weighted by atomic mass is 10.1. The van der Waals surface area contributed by atoms with Crippen molar-refractivity contribution in [2.45, 2.75) is 103 Å². The van der Waals surface area contributed by atoms with Crippen LogP contribution in [0.15, 0.2) is 202 Å². The molecule has 2 saturated heterocycles. The largest absolute Gasteiger partial charge is 0.493 e. The second-order valence-corrected chi connectivity index (χ2v) is 33.5. The standard InChI is InChI=1S/C52H49N6O11.C48H46N5O9.C4H5NO3/c1-53-40-27-46(44(64-3)25-38(40)51(62)56-17-15-34-9-5-7-11-42(34)56)67-30-32-21-33(23-36(22-32)55(2)18-20-66-19-16-50(61)69-58-48(59)13-14-49(58)60)31-68-47-28-41-39(26-45(47)65-4)52(63)57-37(29-54-41)24-35-10-6-8-12-43(35)57;1-49-38-25-44(42(58-3)23-36(38)47(56)52-15-13-32-9-5-7-11-40(32)52)61-28-30-19-31(21-34(20-30)51(2)16-18-60-17-14-46(54)55)29-62-45-26-39-37(24-43(45)59-4)48(57)53-35(27-50-39)22-33-10-6-8-12-41(33)53;6-3-1-2-4(7)5(3)8/h1,5-12,21-23,25-29,37H,13-20,24,30-31H2,2-4H3;1,5-12,19-21,23-27,35H,13-18,22,28-29H2,2-4H3,(H,54,55);8H,1-2H2/q2*-1;/t37-;35-;/m00./s1. The van der Waals surface area contributed by atoms with Crippen molar-refractivity contribution in [2.24, 2.45) is 20.0 Å². The van der Waals surface area contributed by atoms with Crippen molar-refractivity contribution in [3.8, 4) is 46.0 Å². The molecule has 10 aromatic rings. The highest BCUT2D eigenvalue weighted by Crippen LogP contribution is 2.47. The van der Waals surface area contributed by atoms with Crippen LogP contribution in [0.4, 0.5) is 56.9 Å². The van der Waals surface area contributed by atoms with Gasteiger partial charge in [-0.25, -0.2) is 4.79 Å². The van der Waals surface area contributed by atoms with Gasteiger partial charge in [0.2, 0.25) is 11.8 Å². The number of carbonyl (C=O) groups excluding carboxylic acids is 9. The van der Waals surface area contributed by atoms with E-state index < -0.39 is 35.6 Å². The number of rotatable bonds is 35. The molecule has 0 spiro atoms. The Morgan fingerprint density at radius 2 is 0.784 bits per heavy atom. The molecule has 35 heteroatoms. The monoisotopic (exact) mass is 1880 g/mol. The molecule has 8 aliphatic rings. The van der Waals surface area contributed by atoms with Gasteiger partial charge in [-0.05, 0) is 153 Å². The Morgan fingerprint density at radius 3 is 1.16 bits per heavy atom. The van der Waals surface area contributed by atoms with Crippen LogP contribution < -0.4 is 67.3 Å². The summed E-state index contributed by atoms with van der Waals surface area (Å²) in [6.45, 7) is 14.7. The molecule has 0 aromatic heterocycles. The number of ether oxygens (including phenoxy) is 10. The lowest BCUT2D eigenvalue weighted by molar-refractivity contribution is -0.198. The number of hydrogen-bond acceptors (Lipinski definition) is 28. The summed E-state index contributed by atoms with van der Waals surface area (Å²) in [6.07, 6.45) is 6.52. The van der Waals surface area contributed by atoms with E-state index in [0.29, 0.717) is 119 Å². The molecular formula is C104H100N12O23-2. The van der Waals surface area contributed by atoms with Crippen LogP contribution in [0.1, 0.15) is 124 Å². The van der Waals surface area contributed by atoms with E-state index in [2.05, 4.69) is 9.98 Å². The average molecular weight is 1890 g/mol. The summed E-state index contributed by atoms with van der Waals surface area (Å²) in [6, 6.07) is 55.8. The van der Waals surface area contributed by atoms with Gasteiger partial charge in [0.05, 0.1) is 102 Å². The first-order valence-electron chi connectivity index (χ1n) is 45.0. The number of carboxylic acids is 1. The first-order chi connectivity index (χ1) is 67.4. The molecule has 0 bridgehead atoms. The number of amides is 8. The minimum atomic E-state index is -0.922. The fourth-order valence-corrected chi connectivity index (χ4v) is 17.4. The first-order valence-corrected chi connectivity index (χ1v) is 45.0. The van der Waals surface area contributed by atoms with Gasteiger partial charge in [0.25, 0.3) is 35.4 Å². The van der Waals surface area contributed by atoms with E-state index in [4.69, 9.17) is 85.9 Å². The van der Waals surface area contributed by atoms with Crippen LogP contribution in [0.3, 0.4) is 0 Å². The Morgan fingerprint density at radius 1 is 0.424 bits per heavy atom. The zero-order valence-corrected chi connectivity index (χ0v) is 77.2. The highest BCUT2D eigenvalue weighted by atomic mass is 16.7. The van der Waals surface area contributed by atoms with Crippen molar-refractivity contribution in [3.63, 3.8) is 0 Å². The third-order valence-electron chi connectivity index (χ3n) is 24.6. The fourth-order valence-electron chi connectivity index (χ4n) is 17.4. The minimum absolute atomic E-state index is 0.00865. The number of fused-ring (bicyclic) bond motifs is 10. The third-order valence-corrected chi connectivity index (χ3v) is 24.6. The van der Waals surface area contributed by atoms with Crippen LogP contribution in [-0.2, 0) is 95.2 Å². The zero-order valence-electron chi connectivity index (χ0n) is 77.2. The van der Waals surface area contributed by atoms with Crippen LogP contribution >= 0.6 is 0 Å². The van der Waals surface area contributed by atoms with E-state index in [1.807, 2.05) is 164 Å². The highest BCUT2D eigenvalue weighted by Gasteiger charge is 2.40. The molecule has 0 aliphatic carbocycles. The third kappa shape index (κ3) is 21.4. The topological polar surface area (TPSA) is 388 Å². The summed E-state index contributed by atoms with van der Waals surface area (Å²) in [5.74, 6) is -1.75. The Labute approximate surface area is 800 Å². The van der Waals surface area contributed by atoms with Crippen LogP contribution in [0.25, 0.3) is 0 Å². The number of para-hydroxylation sites is 4. The van der Waals surface area contributed by atoms with E-state index in [0.717, 1.165) is 91.5 Å². The zero-order chi connectivity index (χ0) is 97.7. The number of imide groups is 2. The van der Waals surface area contributed by atoms with Gasteiger partial charge in [-0.3, -0.25) is 68.1 Å². The molecule has 2 N–H and O–H groups in total. The number of carbonyl (C=O) groups is 10. The van der Waals surface area contributed by atoms with Crippen molar-refractivity contribution in [3.05, 3.63) is 249 Å². The summed E-state index contributed by atoms with van der Waals surface area (Å²) in [5.41, 5.74) is 15.3. The van der Waals surface area contributed by atoms with Gasteiger partial charge in [0.15, 0.2) is 34.5 Å². The molecule has 8 heterocycles. The summed E-state index contributed by atoms with van der Waals surface area (Å²) in [7, 11) is 9.84. The molecule has 10 aromatic carbocycles. The summed E-state index contributed by atoms with van der Waals surface area (Å²) in [4.78, 5) is 156. The van der Waals surface area contributed by atoms with Crippen molar-refractivity contribution in [1.29, 1.82) is 0 Å². The Kier molecular flexibility index (Phi) is 29.9. The van der Waals surface area contributed by atoms with E-state index >= 15 is 0 Å². The van der Waals surface area contributed by atoms with Gasteiger partial charge < -0.3 is 86.9 Å². The Hall–Kier alpha value is -16.1. The predicted octanol–water partition coefficient (Wildman–Crippen LogP) is 14.0. The normalized spacial score (nSPS) is 15.4. The number of hydrogen-bond donors (Lipinski definition) is 2. The lowest BCUT2D eigenvalue weighted by Gasteiger charge is -2.24. The molecule has 18 rings (SSSR count). The summed E-state index contributed by atoms with van der Waals surface area (Å²) >= 11 is 0. The molecule has 8 aliphatic heterocycles. The van der Waals surface area contributed by atoms with Crippen molar-refractivity contribution >= 4 is 142 Å². The lowest BCUT2D eigenvalue weighted by Crippen LogP contribution is -2.37. The second kappa shape index (κ2) is 43.3. The van der Waals surface area contributed by atoms with Crippen LogP contribution in [0, 0.1) is 0 Å². The number of anilines is 6. The number of likely N-dealkylation sites (N-methyl/N-ethyl adjacent to an activating group) is 2. The summed E-state index contributed by atoms with van der Waals surface area (Å²) < 4.78 is 59.9. The van der Waals surface area contributed by atoms with Gasteiger partial charge in [-0.15, -0.1) is 5.06 Å². The average Bonchev–Trinajstić information content (AvgIpc) is 1.62. The molecule has 139 heavy (non-hydrogen) atoms. The maximum absolute atomic E-state index is 14.0. The van der Waals surface area contributed by atoms with Crippen LogP contribution in [0.5, 0.6) is 46.0 Å². The number of aliphatic carboxylic acids is 1. The van der Waals surface area contributed by atoms with Gasteiger partial charge in [-0.1, -0.05) is 96.3 Å². The molecule has 2 fully saturated rings. The molecule has 2 atom stereocenters. The maximum Gasteiger partial charge on any atom is 0.335 e. The molecule has 8 amide bonds. The number of carboxylic acid groups (broad SMARTS) is 1. The molecule has 35 nitrogen and oxygen atoms in total. The molecular weight excluding hydrogens is 1790 g/mol. The van der Waals surface area contributed by atoms with Gasteiger partial charge in [0, 0.05) is 137 Å². The molecule has 0 unspecified atom stereocenters. The van der Waals surface area contributed by atoms with Gasteiger partial charge >= 0.3 is 11.9 Å². The number of aliphatic imine (C=N–C) groups is 4. The van der Waals surface area contributed by atoms with E-state index in [1.54, 1.807) is 74.3 Å². The van der Waals surface area contributed by atoms with Crippen LogP contribution in [0.2, 0.25) is 0 Å². The number of hydroxylamine groups is 4. The van der Waals surface area contributed by atoms with E-state index in [9.17, 15) is 47.9 Å². The minimum Gasteiger partial charge on any atom is -0.493 e. The van der Waals surface area contributed by atoms with Gasteiger partial charge in [0.1, 0.15) is 37.9 Å². The fraction of sp³-hybridized carbons (Fsp3) is 0.288. The quantitative estimate of drug-likeness (QED) is 0.0122. The van der Waals surface area contributed by atoms with E-state index in [-0.39, 0.29) is 148 Å². The highest BCUT2D eigenvalue weighted by molar-refractivity contribution is 6.17. The number of benzene rings is 10. The molecule has 0 saturated carbocycles. The summed E-state index contributed by atoms with van der Waals surface area (Å²) in [5, 5.41) is 18.1. The second-order valence-electron chi connectivity index (χ2n) is 33.5. The van der Waals surface area contributed by atoms with Crippen molar-refractivity contribution in [1.82, 2.24) is 10.1 Å². The van der Waals surface area contributed by atoms with Gasteiger partial charge in [-0.2, -0.15) is 18.5 Å².